The topological polar surface area (TPSA) is 45.0 Å². The summed E-state index contributed by atoms with van der Waals surface area (Å²) in [5.74, 6) is 0. The quantitative estimate of drug-likeness (QED) is 0.626. The number of fused-ring (bicyclic) bond motifs is 1. The summed E-state index contributed by atoms with van der Waals surface area (Å²) in [6, 6.07) is 0.223. The van der Waals surface area contributed by atoms with E-state index in [1.807, 2.05) is 0 Å². The molecule has 2 unspecified atom stereocenters. The van der Waals surface area contributed by atoms with Crippen LogP contribution in [0.1, 0.15) is 32.6 Å². The van der Waals surface area contributed by atoms with Gasteiger partial charge in [-0.05, 0) is 37.3 Å². The van der Waals surface area contributed by atoms with E-state index in [-0.39, 0.29) is 12.1 Å². The first kappa shape index (κ1) is 8.36. The highest BCUT2D eigenvalue weighted by Crippen LogP contribution is 2.44. The third-order valence-corrected chi connectivity index (χ3v) is 3.45. The van der Waals surface area contributed by atoms with Gasteiger partial charge in [-0.15, -0.1) is 0 Å². The van der Waals surface area contributed by atoms with Crippen molar-refractivity contribution in [1.29, 1.82) is 0 Å². The number of azo groups is 1. The van der Waals surface area contributed by atoms with Gasteiger partial charge < -0.3 is 5.11 Å². The highest BCUT2D eigenvalue weighted by atomic mass is 16.3. The largest absolute Gasteiger partial charge is 0.388 e. The van der Waals surface area contributed by atoms with Crippen molar-refractivity contribution in [2.24, 2.45) is 10.2 Å². The predicted octanol–water partition coefficient (Wildman–Crippen LogP) is 2.34. The van der Waals surface area contributed by atoms with Crippen molar-refractivity contribution in [3.05, 3.63) is 22.4 Å². The van der Waals surface area contributed by atoms with Crippen LogP contribution in [0.5, 0.6) is 0 Å². The minimum Gasteiger partial charge on any atom is -0.388 e. The van der Waals surface area contributed by atoms with E-state index >= 15 is 0 Å². The molecule has 1 heterocycles. The smallest absolute Gasteiger partial charge is 0.0954 e. The SMILES string of the molecule is CC1N=NC2=C1C1=C(CCC1)C(O)C2. The fourth-order valence-corrected chi connectivity index (χ4v) is 2.83. The van der Waals surface area contributed by atoms with E-state index in [4.69, 9.17) is 0 Å². The molecule has 3 rings (SSSR count). The second-order valence-corrected chi connectivity index (χ2v) is 4.33. The molecule has 0 aromatic heterocycles. The van der Waals surface area contributed by atoms with Crippen molar-refractivity contribution >= 4 is 0 Å². The second-order valence-electron chi connectivity index (χ2n) is 4.33. The van der Waals surface area contributed by atoms with Crippen LogP contribution in [0.15, 0.2) is 32.6 Å². The van der Waals surface area contributed by atoms with Crippen molar-refractivity contribution in [2.75, 3.05) is 0 Å². The van der Waals surface area contributed by atoms with Gasteiger partial charge in [0.2, 0.25) is 0 Å². The van der Waals surface area contributed by atoms with Gasteiger partial charge in [0, 0.05) is 12.0 Å². The van der Waals surface area contributed by atoms with Crippen molar-refractivity contribution in [2.45, 2.75) is 44.8 Å². The lowest BCUT2D eigenvalue weighted by Gasteiger charge is -2.22. The molecule has 0 radical (unpaired) electrons. The first-order chi connectivity index (χ1) is 6.77. The monoisotopic (exact) mass is 190 g/mol. The van der Waals surface area contributed by atoms with Gasteiger partial charge in [-0.3, -0.25) is 0 Å². The first-order valence-electron chi connectivity index (χ1n) is 5.31. The van der Waals surface area contributed by atoms with Crippen LogP contribution in [0.25, 0.3) is 0 Å². The Morgan fingerprint density at radius 2 is 2.21 bits per heavy atom. The second kappa shape index (κ2) is 2.76. The third-order valence-electron chi connectivity index (χ3n) is 3.45. The molecule has 0 spiro atoms. The zero-order valence-corrected chi connectivity index (χ0v) is 8.32. The zero-order valence-electron chi connectivity index (χ0n) is 8.32. The molecule has 2 aliphatic carbocycles. The Hall–Kier alpha value is -0.960. The Morgan fingerprint density at radius 1 is 1.36 bits per heavy atom. The molecule has 0 aromatic carbocycles. The van der Waals surface area contributed by atoms with Gasteiger partial charge in [0.1, 0.15) is 0 Å². The van der Waals surface area contributed by atoms with E-state index in [1.165, 1.54) is 23.1 Å². The predicted molar refractivity (Wildman–Crippen MR) is 52.8 cm³/mol. The molecular formula is C11H14N2O. The molecule has 74 valence electrons. The highest BCUT2D eigenvalue weighted by Gasteiger charge is 2.35. The maximum Gasteiger partial charge on any atom is 0.0954 e. The summed E-state index contributed by atoms with van der Waals surface area (Å²) in [4.78, 5) is 0. The number of nitrogens with zero attached hydrogens (tertiary/aromatic N) is 2. The van der Waals surface area contributed by atoms with Gasteiger partial charge in [-0.25, -0.2) is 0 Å². The van der Waals surface area contributed by atoms with E-state index in [0.717, 1.165) is 18.5 Å². The van der Waals surface area contributed by atoms with E-state index in [1.54, 1.807) is 0 Å². The Bertz CT molecular complexity index is 379. The third kappa shape index (κ3) is 0.960. The zero-order chi connectivity index (χ0) is 9.71. The molecule has 0 bridgehead atoms. The number of aliphatic hydroxyl groups excluding tert-OH is 1. The Kier molecular flexibility index (Phi) is 1.65. The van der Waals surface area contributed by atoms with E-state index < -0.39 is 0 Å². The lowest BCUT2D eigenvalue weighted by molar-refractivity contribution is 0.205. The molecule has 3 nitrogen and oxygen atoms in total. The number of hydrogen-bond donors (Lipinski definition) is 1. The summed E-state index contributed by atoms with van der Waals surface area (Å²) in [5.41, 5.74) is 4.99. The van der Waals surface area contributed by atoms with E-state index in [2.05, 4.69) is 17.2 Å². The molecule has 3 heteroatoms. The van der Waals surface area contributed by atoms with Gasteiger partial charge in [0.15, 0.2) is 0 Å². The molecule has 2 atom stereocenters. The summed E-state index contributed by atoms with van der Waals surface area (Å²) >= 11 is 0. The summed E-state index contributed by atoms with van der Waals surface area (Å²) < 4.78 is 0. The van der Waals surface area contributed by atoms with Crippen molar-refractivity contribution in [1.82, 2.24) is 0 Å². The van der Waals surface area contributed by atoms with E-state index in [0.29, 0.717) is 6.42 Å². The van der Waals surface area contributed by atoms with Crippen LogP contribution in [-0.4, -0.2) is 17.3 Å². The lowest BCUT2D eigenvalue weighted by Crippen LogP contribution is -2.18. The van der Waals surface area contributed by atoms with Crippen LogP contribution < -0.4 is 0 Å². The molecule has 0 fully saturated rings. The maximum absolute atomic E-state index is 9.92. The van der Waals surface area contributed by atoms with Crippen LogP contribution in [-0.2, 0) is 0 Å². The minimum absolute atomic E-state index is 0.223. The normalized spacial score (nSPS) is 35.3. The average Bonchev–Trinajstić information content (AvgIpc) is 2.72. The van der Waals surface area contributed by atoms with Gasteiger partial charge in [0.05, 0.1) is 17.8 Å². The molecule has 0 amide bonds. The van der Waals surface area contributed by atoms with Gasteiger partial charge >= 0.3 is 0 Å². The Balaban J connectivity index is 2.10. The lowest BCUT2D eigenvalue weighted by atomic mass is 9.86. The van der Waals surface area contributed by atoms with Crippen LogP contribution >= 0.6 is 0 Å². The van der Waals surface area contributed by atoms with Crippen molar-refractivity contribution in [3.63, 3.8) is 0 Å². The highest BCUT2D eigenvalue weighted by molar-refractivity contribution is 5.50. The maximum atomic E-state index is 9.92. The number of aliphatic hydroxyl groups is 1. The molecule has 1 aliphatic heterocycles. The molecule has 14 heavy (non-hydrogen) atoms. The molecule has 0 saturated carbocycles. The number of rotatable bonds is 0. The summed E-state index contributed by atoms with van der Waals surface area (Å²) in [5, 5.41) is 18.3. The Labute approximate surface area is 83.2 Å². The molecule has 1 N–H and O–H groups in total. The summed E-state index contributed by atoms with van der Waals surface area (Å²) in [7, 11) is 0. The average molecular weight is 190 g/mol. The molecular weight excluding hydrogens is 176 g/mol. The van der Waals surface area contributed by atoms with Crippen molar-refractivity contribution < 1.29 is 5.11 Å². The van der Waals surface area contributed by atoms with Crippen LogP contribution in [0.2, 0.25) is 0 Å². The Morgan fingerprint density at radius 3 is 3.07 bits per heavy atom. The van der Waals surface area contributed by atoms with Gasteiger partial charge in [-0.2, -0.15) is 10.2 Å². The summed E-state index contributed by atoms with van der Waals surface area (Å²) in [6.45, 7) is 2.09. The fraction of sp³-hybridized carbons (Fsp3) is 0.636. The van der Waals surface area contributed by atoms with Crippen LogP contribution in [0, 0.1) is 0 Å². The van der Waals surface area contributed by atoms with Crippen LogP contribution in [0.3, 0.4) is 0 Å². The minimum atomic E-state index is -0.282. The van der Waals surface area contributed by atoms with Crippen molar-refractivity contribution in [3.8, 4) is 0 Å². The molecule has 3 aliphatic rings. The number of hydrogen-bond acceptors (Lipinski definition) is 3. The van der Waals surface area contributed by atoms with Crippen LogP contribution in [0.4, 0.5) is 0 Å². The first-order valence-corrected chi connectivity index (χ1v) is 5.31. The van der Waals surface area contributed by atoms with Gasteiger partial charge in [0.25, 0.3) is 0 Å². The van der Waals surface area contributed by atoms with Gasteiger partial charge in [-0.1, -0.05) is 0 Å². The van der Waals surface area contributed by atoms with E-state index in [9.17, 15) is 5.11 Å². The molecule has 0 aromatic rings. The standard InChI is InChI=1S/C11H14N2O/c1-6-11-8-4-2-3-7(8)10(14)5-9(11)13-12-6/h6,10,14H,2-5H2,1H3. The fourth-order valence-electron chi connectivity index (χ4n) is 2.83. The summed E-state index contributed by atoms with van der Waals surface area (Å²) in [6.07, 6.45) is 3.77. The molecule has 0 saturated heterocycles.